The van der Waals surface area contributed by atoms with Crippen molar-refractivity contribution in [3.8, 4) is 11.4 Å². The number of nitrogens with zero attached hydrogens (tertiary/aromatic N) is 3. The Morgan fingerprint density at radius 2 is 2.04 bits per heavy atom. The Hall–Kier alpha value is -1.35. The third-order valence-corrected chi connectivity index (χ3v) is 4.35. The minimum atomic E-state index is 0. The molecule has 1 aromatic heterocycles. The molecule has 0 saturated heterocycles. The minimum Gasteiger partial charge on any atom is -0.356 e. The lowest BCUT2D eigenvalue weighted by Gasteiger charge is -2.16. The smallest absolute Gasteiger partial charge is 0.228 e. The van der Waals surface area contributed by atoms with Crippen LogP contribution in [0.4, 0.5) is 0 Å². The molecule has 1 heterocycles. The van der Waals surface area contributed by atoms with Gasteiger partial charge in [-0.15, -0.1) is 24.0 Å². The van der Waals surface area contributed by atoms with Crippen LogP contribution in [0.15, 0.2) is 33.8 Å². The van der Waals surface area contributed by atoms with E-state index >= 15 is 0 Å². The topological polar surface area (TPSA) is 75.3 Å². The molecule has 8 heteroatoms. The van der Waals surface area contributed by atoms with Gasteiger partial charge in [-0.05, 0) is 18.1 Å². The van der Waals surface area contributed by atoms with Gasteiger partial charge < -0.3 is 15.2 Å². The fraction of sp³-hybridized carbons (Fsp3) is 0.500. The summed E-state index contributed by atoms with van der Waals surface area (Å²) in [4.78, 5) is 8.64. The van der Waals surface area contributed by atoms with Crippen molar-refractivity contribution >= 4 is 41.5 Å². The normalized spacial score (nSPS) is 11.3. The van der Waals surface area contributed by atoms with E-state index in [-0.39, 0.29) is 24.0 Å². The van der Waals surface area contributed by atoms with Gasteiger partial charge in [-0.25, -0.2) is 0 Å². The van der Waals surface area contributed by atoms with Gasteiger partial charge in [0.2, 0.25) is 11.7 Å². The summed E-state index contributed by atoms with van der Waals surface area (Å²) in [7, 11) is 1.77. The summed E-state index contributed by atoms with van der Waals surface area (Å²) in [6, 6.07) is 7.40. The second-order valence-corrected chi connectivity index (χ2v) is 6.27. The van der Waals surface area contributed by atoms with Gasteiger partial charge in [0.15, 0.2) is 5.96 Å². The molecule has 0 saturated carbocycles. The maximum Gasteiger partial charge on any atom is 0.228 e. The highest BCUT2D eigenvalue weighted by molar-refractivity contribution is 14.0. The number of halogens is 2. The molecular weight excluding hydrogens is 465 g/mol. The second-order valence-electron chi connectivity index (χ2n) is 5.83. The van der Waals surface area contributed by atoms with E-state index in [0.29, 0.717) is 35.6 Å². The van der Waals surface area contributed by atoms with E-state index in [0.717, 1.165) is 30.9 Å². The van der Waals surface area contributed by atoms with Crippen molar-refractivity contribution < 1.29 is 4.52 Å². The van der Waals surface area contributed by atoms with E-state index in [9.17, 15) is 0 Å². The standard InChI is InChI=1S/C18H26ClN5O.HI/c1-4-13(5-2)12-22-18(20-3)21-10-9-16-23-17(24-25-16)14-7-6-8-15(19)11-14;/h6-8,11,13H,4-5,9-10,12H2,1-3H3,(H2,20,21,22);1H. The zero-order chi connectivity index (χ0) is 18.1. The zero-order valence-corrected chi connectivity index (χ0v) is 18.5. The first kappa shape index (κ1) is 22.7. The Kier molecular flexibility index (Phi) is 10.6. The van der Waals surface area contributed by atoms with Gasteiger partial charge in [-0.3, -0.25) is 4.99 Å². The highest BCUT2D eigenvalue weighted by atomic mass is 127. The predicted octanol–water partition coefficient (Wildman–Crippen LogP) is 4.15. The second kappa shape index (κ2) is 12.1. The molecular formula is C18H27ClIN5O. The first-order chi connectivity index (χ1) is 12.2. The van der Waals surface area contributed by atoms with Crippen molar-refractivity contribution in [1.29, 1.82) is 0 Å². The quantitative estimate of drug-likeness (QED) is 0.330. The number of hydrogen-bond acceptors (Lipinski definition) is 4. The van der Waals surface area contributed by atoms with E-state index in [4.69, 9.17) is 16.1 Å². The average Bonchev–Trinajstić information content (AvgIpc) is 3.10. The van der Waals surface area contributed by atoms with Crippen LogP contribution in [0.3, 0.4) is 0 Å². The van der Waals surface area contributed by atoms with Gasteiger partial charge in [0.25, 0.3) is 0 Å². The SMILES string of the molecule is CCC(CC)CNC(=NC)NCCc1nc(-c2cccc(Cl)c2)no1.I. The molecule has 6 nitrogen and oxygen atoms in total. The predicted molar refractivity (Wildman–Crippen MR) is 117 cm³/mol. The number of hydrogen-bond donors (Lipinski definition) is 2. The van der Waals surface area contributed by atoms with Crippen LogP contribution >= 0.6 is 35.6 Å². The van der Waals surface area contributed by atoms with Crippen LogP contribution in [0.5, 0.6) is 0 Å². The Bertz CT molecular complexity index is 688. The summed E-state index contributed by atoms with van der Waals surface area (Å²) >= 11 is 5.99. The maximum absolute atomic E-state index is 5.99. The number of aliphatic imine (C=N–C) groups is 1. The van der Waals surface area contributed by atoms with E-state index in [1.54, 1.807) is 7.05 Å². The molecule has 1 aromatic carbocycles. The lowest BCUT2D eigenvalue weighted by atomic mass is 10.0. The number of rotatable bonds is 8. The molecule has 0 radical (unpaired) electrons. The monoisotopic (exact) mass is 491 g/mol. The van der Waals surface area contributed by atoms with Crippen LogP contribution in [0.25, 0.3) is 11.4 Å². The van der Waals surface area contributed by atoms with Gasteiger partial charge in [0.1, 0.15) is 0 Å². The summed E-state index contributed by atoms with van der Waals surface area (Å²) < 4.78 is 5.30. The molecule has 0 aliphatic rings. The molecule has 26 heavy (non-hydrogen) atoms. The molecule has 2 N–H and O–H groups in total. The Morgan fingerprint density at radius 3 is 2.69 bits per heavy atom. The van der Waals surface area contributed by atoms with Gasteiger partial charge >= 0.3 is 0 Å². The van der Waals surface area contributed by atoms with Gasteiger partial charge in [-0.1, -0.05) is 55.6 Å². The van der Waals surface area contributed by atoms with Crippen molar-refractivity contribution in [3.63, 3.8) is 0 Å². The lowest BCUT2D eigenvalue weighted by Crippen LogP contribution is -2.40. The average molecular weight is 492 g/mol. The third-order valence-electron chi connectivity index (χ3n) is 4.12. The third kappa shape index (κ3) is 7.11. The summed E-state index contributed by atoms with van der Waals surface area (Å²) in [5.74, 6) is 2.59. The van der Waals surface area contributed by atoms with E-state index in [2.05, 4.69) is 39.6 Å². The van der Waals surface area contributed by atoms with E-state index in [1.807, 2.05) is 24.3 Å². The molecule has 0 unspecified atom stereocenters. The number of nitrogens with one attached hydrogen (secondary N) is 2. The molecule has 0 aliphatic heterocycles. The van der Waals surface area contributed by atoms with Crippen molar-refractivity contribution in [2.45, 2.75) is 33.1 Å². The number of guanidine groups is 1. The maximum atomic E-state index is 5.99. The van der Waals surface area contributed by atoms with Crippen LogP contribution in [0.1, 0.15) is 32.6 Å². The highest BCUT2D eigenvalue weighted by Gasteiger charge is 2.09. The lowest BCUT2D eigenvalue weighted by molar-refractivity contribution is 0.378. The Balaban J connectivity index is 0.00000338. The fourth-order valence-corrected chi connectivity index (χ4v) is 2.62. The summed E-state index contributed by atoms with van der Waals surface area (Å²) in [5.41, 5.74) is 0.845. The van der Waals surface area contributed by atoms with E-state index < -0.39 is 0 Å². The summed E-state index contributed by atoms with van der Waals surface area (Å²) in [6.07, 6.45) is 2.95. The minimum absolute atomic E-state index is 0. The molecule has 0 bridgehead atoms. The van der Waals surface area contributed by atoms with Crippen molar-refractivity contribution in [1.82, 2.24) is 20.8 Å². The van der Waals surface area contributed by atoms with Gasteiger partial charge in [0, 0.05) is 37.1 Å². The zero-order valence-electron chi connectivity index (χ0n) is 15.5. The summed E-state index contributed by atoms with van der Waals surface area (Å²) in [6.45, 7) is 6.00. The molecule has 0 atom stereocenters. The van der Waals surface area contributed by atoms with Crippen LogP contribution in [-0.2, 0) is 6.42 Å². The van der Waals surface area contributed by atoms with Crippen molar-refractivity contribution in [3.05, 3.63) is 35.2 Å². The van der Waals surface area contributed by atoms with Gasteiger partial charge in [0.05, 0.1) is 0 Å². The van der Waals surface area contributed by atoms with Crippen molar-refractivity contribution in [2.75, 3.05) is 20.1 Å². The molecule has 0 amide bonds. The Morgan fingerprint density at radius 1 is 1.27 bits per heavy atom. The molecule has 2 aromatic rings. The van der Waals surface area contributed by atoms with Crippen molar-refractivity contribution in [2.24, 2.45) is 10.9 Å². The first-order valence-corrected chi connectivity index (χ1v) is 9.07. The first-order valence-electron chi connectivity index (χ1n) is 8.69. The molecule has 2 rings (SSSR count). The molecule has 0 aliphatic carbocycles. The number of aromatic nitrogens is 2. The summed E-state index contributed by atoms with van der Waals surface area (Å²) in [5, 5.41) is 11.3. The van der Waals surface area contributed by atoms with Crippen LogP contribution in [-0.4, -0.2) is 36.2 Å². The fourth-order valence-electron chi connectivity index (χ4n) is 2.43. The number of benzene rings is 1. The van der Waals surface area contributed by atoms with Crippen LogP contribution < -0.4 is 10.6 Å². The van der Waals surface area contributed by atoms with Gasteiger partial charge in [-0.2, -0.15) is 4.98 Å². The van der Waals surface area contributed by atoms with Crippen LogP contribution in [0, 0.1) is 5.92 Å². The largest absolute Gasteiger partial charge is 0.356 e. The van der Waals surface area contributed by atoms with E-state index in [1.165, 1.54) is 0 Å². The Labute approximate surface area is 177 Å². The molecule has 0 fully saturated rings. The molecule has 144 valence electrons. The molecule has 0 spiro atoms. The van der Waals surface area contributed by atoms with Crippen LogP contribution in [0.2, 0.25) is 5.02 Å². The highest BCUT2D eigenvalue weighted by Crippen LogP contribution is 2.19.